The molecule has 0 spiro atoms. The second-order valence-corrected chi connectivity index (χ2v) is 9.07. The van der Waals surface area contributed by atoms with Gasteiger partial charge in [-0.15, -0.1) is 0 Å². The van der Waals surface area contributed by atoms with Crippen LogP contribution in [0, 0.1) is 11.7 Å². The number of rotatable bonds is 4. The molecule has 1 aliphatic carbocycles. The highest BCUT2D eigenvalue weighted by atomic mass is 19.1. The second kappa shape index (κ2) is 6.02. The van der Waals surface area contributed by atoms with Crippen LogP contribution in [0.25, 0.3) is 0 Å². The number of hydrogen-bond donors (Lipinski definition) is 0. The Labute approximate surface area is 146 Å². The Morgan fingerprint density at radius 2 is 1.58 bits per heavy atom. The Hall–Kier alpha value is -1.63. The smallest absolute Gasteiger partial charge is 0.123 e. The van der Waals surface area contributed by atoms with E-state index in [0.29, 0.717) is 11.8 Å². The zero-order chi connectivity index (χ0) is 17.5. The van der Waals surface area contributed by atoms with Crippen molar-refractivity contribution in [3.8, 4) is 0 Å². The molecule has 24 heavy (non-hydrogen) atoms. The fourth-order valence-corrected chi connectivity index (χ4v) is 3.79. The van der Waals surface area contributed by atoms with Crippen molar-refractivity contribution >= 4 is 0 Å². The molecule has 0 aromatic heterocycles. The van der Waals surface area contributed by atoms with E-state index in [1.54, 1.807) is 6.07 Å². The van der Waals surface area contributed by atoms with Crippen molar-refractivity contribution in [1.82, 2.24) is 0 Å². The standard InChI is InChI=1S/C23H29F/c1-22(2,3)18-11-9-16(10-12-18)21-13-17(21)15-23(4,5)19-7-6-8-20(24)14-19/h6-12,14,17,21H,13,15H2,1-5H3. The Kier molecular flexibility index (Phi) is 4.32. The third-order valence-electron chi connectivity index (χ3n) is 5.51. The van der Waals surface area contributed by atoms with Crippen molar-refractivity contribution in [2.45, 2.75) is 64.2 Å². The molecule has 0 heterocycles. The van der Waals surface area contributed by atoms with Gasteiger partial charge in [-0.25, -0.2) is 4.39 Å². The van der Waals surface area contributed by atoms with Crippen LogP contribution in [0.5, 0.6) is 0 Å². The van der Waals surface area contributed by atoms with Crippen LogP contribution >= 0.6 is 0 Å². The lowest BCUT2D eigenvalue weighted by Gasteiger charge is -2.25. The second-order valence-electron chi connectivity index (χ2n) is 9.07. The van der Waals surface area contributed by atoms with Gasteiger partial charge in [0.25, 0.3) is 0 Å². The molecule has 0 amide bonds. The summed E-state index contributed by atoms with van der Waals surface area (Å²) < 4.78 is 13.5. The molecule has 3 rings (SSSR count). The lowest BCUT2D eigenvalue weighted by atomic mass is 9.79. The van der Waals surface area contributed by atoms with E-state index < -0.39 is 0 Å². The normalized spacial score (nSPS) is 20.9. The molecule has 2 unspecified atom stereocenters. The maximum Gasteiger partial charge on any atom is 0.123 e. The summed E-state index contributed by atoms with van der Waals surface area (Å²) in [5.41, 5.74) is 4.19. The van der Waals surface area contributed by atoms with Gasteiger partial charge in [-0.1, -0.05) is 71.0 Å². The van der Waals surface area contributed by atoms with Crippen molar-refractivity contribution < 1.29 is 4.39 Å². The fourth-order valence-electron chi connectivity index (χ4n) is 3.79. The Morgan fingerprint density at radius 3 is 2.17 bits per heavy atom. The van der Waals surface area contributed by atoms with Crippen molar-refractivity contribution in [2.75, 3.05) is 0 Å². The van der Waals surface area contributed by atoms with Crippen LogP contribution in [0.3, 0.4) is 0 Å². The first kappa shape index (κ1) is 17.2. The molecule has 0 radical (unpaired) electrons. The van der Waals surface area contributed by atoms with E-state index in [1.807, 2.05) is 6.07 Å². The molecular weight excluding hydrogens is 295 g/mol. The predicted octanol–water partition coefficient (Wildman–Crippen LogP) is 6.59. The minimum atomic E-state index is -0.134. The summed E-state index contributed by atoms with van der Waals surface area (Å²) in [5.74, 6) is 1.25. The molecule has 128 valence electrons. The maximum absolute atomic E-state index is 13.5. The summed E-state index contributed by atoms with van der Waals surface area (Å²) in [6.45, 7) is 11.2. The summed E-state index contributed by atoms with van der Waals surface area (Å²) in [5, 5.41) is 0. The van der Waals surface area contributed by atoms with E-state index in [9.17, 15) is 4.39 Å². The number of benzene rings is 2. The summed E-state index contributed by atoms with van der Waals surface area (Å²) in [4.78, 5) is 0. The van der Waals surface area contributed by atoms with Crippen molar-refractivity contribution in [1.29, 1.82) is 0 Å². The highest BCUT2D eigenvalue weighted by Gasteiger charge is 2.42. The third-order valence-corrected chi connectivity index (χ3v) is 5.51. The van der Waals surface area contributed by atoms with E-state index in [2.05, 4.69) is 65.0 Å². The van der Waals surface area contributed by atoms with E-state index in [0.717, 1.165) is 12.0 Å². The summed E-state index contributed by atoms with van der Waals surface area (Å²) >= 11 is 0. The molecule has 1 saturated carbocycles. The van der Waals surface area contributed by atoms with E-state index in [1.165, 1.54) is 23.6 Å². The van der Waals surface area contributed by atoms with Crippen LogP contribution in [0.15, 0.2) is 48.5 Å². The largest absolute Gasteiger partial charge is 0.207 e. The minimum Gasteiger partial charge on any atom is -0.207 e. The first-order valence-electron chi connectivity index (χ1n) is 9.03. The molecule has 0 aliphatic heterocycles. The molecule has 2 aromatic carbocycles. The van der Waals surface area contributed by atoms with Gasteiger partial charge >= 0.3 is 0 Å². The van der Waals surface area contributed by atoms with Crippen LogP contribution in [-0.4, -0.2) is 0 Å². The predicted molar refractivity (Wildman–Crippen MR) is 100 cm³/mol. The van der Waals surface area contributed by atoms with Crippen LogP contribution in [0.1, 0.15) is 70.1 Å². The van der Waals surface area contributed by atoms with E-state index in [4.69, 9.17) is 0 Å². The minimum absolute atomic E-state index is 0.0207. The van der Waals surface area contributed by atoms with Gasteiger partial charge in [0, 0.05) is 0 Å². The SMILES string of the molecule is CC(C)(C)c1ccc(C2CC2CC(C)(C)c2cccc(F)c2)cc1. The molecule has 2 aromatic rings. The average molecular weight is 324 g/mol. The van der Waals surface area contributed by atoms with Gasteiger partial charge in [-0.3, -0.25) is 0 Å². The van der Waals surface area contributed by atoms with Crippen LogP contribution in [0.4, 0.5) is 4.39 Å². The van der Waals surface area contributed by atoms with Crippen LogP contribution < -0.4 is 0 Å². The fraction of sp³-hybridized carbons (Fsp3) is 0.478. The summed E-state index contributed by atoms with van der Waals surface area (Å²) in [6, 6.07) is 16.3. The van der Waals surface area contributed by atoms with Gasteiger partial charge in [-0.2, -0.15) is 0 Å². The highest BCUT2D eigenvalue weighted by Crippen LogP contribution is 2.53. The molecular formula is C23H29F. The zero-order valence-corrected chi connectivity index (χ0v) is 15.6. The molecule has 0 bridgehead atoms. The summed E-state index contributed by atoms with van der Waals surface area (Å²) in [6.07, 6.45) is 2.37. The van der Waals surface area contributed by atoms with Crippen molar-refractivity contribution in [2.24, 2.45) is 5.92 Å². The maximum atomic E-state index is 13.5. The topological polar surface area (TPSA) is 0 Å². The van der Waals surface area contributed by atoms with Gasteiger partial charge in [-0.05, 0) is 64.3 Å². The Bertz CT molecular complexity index is 704. The van der Waals surface area contributed by atoms with E-state index in [-0.39, 0.29) is 16.6 Å². The van der Waals surface area contributed by atoms with Crippen LogP contribution in [-0.2, 0) is 10.8 Å². The molecule has 0 saturated heterocycles. The van der Waals surface area contributed by atoms with Crippen molar-refractivity contribution in [3.05, 3.63) is 71.0 Å². The quantitative estimate of drug-likeness (QED) is 0.594. The molecule has 1 heteroatoms. The van der Waals surface area contributed by atoms with Gasteiger partial charge < -0.3 is 0 Å². The van der Waals surface area contributed by atoms with Crippen molar-refractivity contribution in [3.63, 3.8) is 0 Å². The Morgan fingerprint density at radius 1 is 0.917 bits per heavy atom. The number of hydrogen-bond acceptors (Lipinski definition) is 0. The van der Waals surface area contributed by atoms with Gasteiger partial charge in [0.1, 0.15) is 5.82 Å². The lowest BCUT2D eigenvalue weighted by Crippen LogP contribution is -2.18. The number of halogens is 1. The van der Waals surface area contributed by atoms with Gasteiger partial charge in [0.05, 0.1) is 0 Å². The first-order chi connectivity index (χ1) is 11.2. The molecule has 2 atom stereocenters. The van der Waals surface area contributed by atoms with E-state index >= 15 is 0 Å². The third kappa shape index (κ3) is 3.71. The van der Waals surface area contributed by atoms with Crippen LogP contribution in [0.2, 0.25) is 0 Å². The molecule has 1 fully saturated rings. The lowest BCUT2D eigenvalue weighted by molar-refractivity contribution is 0.440. The monoisotopic (exact) mass is 324 g/mol. The van der Waals surface area contributed by atoms with Gasteiger partial charge in [0.2, 0.25) is 0 Å². The average Bonchev–Trinajstić information content (AvgIpc) is 3.25. The summed E-state index contributed by atoms with van der Waals surface area (Å²) in [7, 11) is 0. The highest BCUT2D eigenvalue weighted by molar-refractivity contribution is 5.33. The Balaban J connectivity index is 1.67. The first-order valence-corrected chi connectivity index (χ1v) is 9.03. The molecule has 0 nitrogen and oxygen atoms in total. The zero-order valence-electron chi connectivity index (χ0n) is 15.6. The van der Waals surface area contributed by atoms with Gasteiger partial charge in [0.15, 0.2) is 0 Å². The molecule has 1 aliphatic rings. The molecule has 0 N–H and O–H groups in total.